The average Bonchev–Trinajstić information content (AvgIpc) is 2.38. The van der Waals surface area contributed by atoms with E-state index >= 15 is 0 Å². The molecule has 5 nitrogen and oxygen atoms in total. The van der Waals surface area contributed by atoms with Gasteiger partial charge in [-0.15, -0.1) is 0 Å². The maximum Gasteiger partial charge on any atom is 0.444 e. The van der Waals surface area contributed by atoms with Gasteiger partial charge in [0.25, 0.3) is 0 Å². The first kappa shape index (κ1) is 20.8. The van der Waals surface area contributed by atoms with Gasteiger partial charge in [-0.1, -0.05) is 52.4 Å². The standard InChI is InChI=1S/C15H34NO4S/c1-5-7-8-9-10-11-12-13-14-16(3,4)20-21(17,18)19-15-6-2/h5-15H2,1-4H3/q+1. The molecule has 0 rings (SSSR count). The van der Waals surface area contributed by atoms with Crippen LogP contribution >= 0.6 is 0 Å². The van der Waals surface area contributed by atoms with Gasteiger partial charge < -0.3 is 0 Å². The second kappa shape index (κ2) is 11.4. The largest absolute Gasteiger partial charge is 0.444 e. The molecule has 0 saturated carbocycles. The third-order valence-electron chi connectivity index (χ3n) is 3.28. The number of nitrogens with zero attached hydrogens (tertiary/aromatic N) is 1. The van der Waals surface area contributed by atoms with E-state index in [-0.39, 0.29) is 11.3 Å². The first-order valence-electron chi connectivity index (χ1n) is 8.26. The summed E-state index contributed by atoms with van der Waals surface area (Å²) in [6.45, 7) is 4.91. The second-order valence-corrected chi connectivity index (χ2v) is 7.28. The Morgan fingerprint density at radius 3 is 1.86 bits per heavy atom. The summed E-state index contributed by atoms with van der Waals surface area (Å²) in [7, 11) is -0.399. The van der Waals surface area contributed by atoms with Crippen molar-refractivity contribution in [2.24, 2.45) is 0 Å². The summed E-state index contributed by atoms with van der Waals surface area (Å²) in [5, 5.41) is 0. The summed E-state index contributed by atoms with van der Waals surface area (Å²) in [5.74, 6) is 0. The molecule has 0 aliphatic rings. The smallest absolute Gasteiger partial charge is 0.245 e. The van der Waals surface area contributed by atoms with Crippen molar-refractivity contribution >= 4 is 10.4 Å². The van der Waals surface area contributed by atoms with E-state index < -0.39 is 10.4 Å². The lowest BCUT2D eigenvalue weighted by Crippen LogP contribution is -2.42. The first-order chi connectivity index (χ1) is 9.83. The summed E-state index contributed by atoms with van der Waals surface area (Å²) in [6.07, 6.45) is 10.4. The molecule has 0 heterocycles. The Morgan fingerprint density at radius 1 is 0.810 bits per heavy atom. The predicted molar refractivity (Wildman–Crippen MR) is 85.8 cm³/mol. The molecule has 0 amide bonds. The molecule has 0 aliphatic carbocycles. The van der Waals surface area contributed by atoms with E-state index in [2.05, 4.69) is 6.92 Å². The number of quaternary nitrogens is 1. The maximum atomic E-state index is 11.6. The molecule has 0 fully saturated rings. The highest BCUT2D eigenvalue weighted by atomic mass is 32.3. The molecule has 6 heteroatoms. The van der Waals surface area contributed by atoms with Crippen LogP contribution in [0.5, 0.6) is 0 Å². The molecule has 0 aromatic carbocycles. The monoisotopic (exact) mass is 324 g/mol. The fraction of sp³-hybridized carbons (Fsp3) is 1.00. The Morgan fingerprint density at radius 2 is 1.33 bits per heavy atom. The van der Waals surface area contributed by atoms with Gasteiger partial charge in [0.15, 0.2) is 0 Å². The molecule has 0 aromatic rings. The van der Waals surface area contributed by atoms with Crippen LogP contribution in [0.2, 0.25) is 0 Å². The van der Waals surface area contributed by atoms with Crippen molar-refractivity contribution in [3.63, 3.8) is 0 Å². The molecule has 0 bridgehead atoms. The van der Waals surface area contributed by atoms with E-state index in [0.29, 0.717) is 13.0 Å². The lowest BCUT2D eigenvalue weighted by Gasteiger charge is -2.24. The minimum atomic E-state index is -3.89. The van der Waals surface area contributed by atoms with Crippen molar-refractivity contribution in [3.05, 3.63) is 0 Å². The Labute approximate surface area is 131 Å². The number of hydrogen-bond acceptors (Lipinski definition) is 4. The van der Waals surface area contributed by atoms with Gasteiger partial charge >= 0.3 is 10.4 Å². The SMILES string of the molecule is CCCCCCCCCC[N+](C)(C)OS(=O)(=O)OCCC. The molecule has 0 aromatic heterocycles. The Balaban J connectivity index is 3.77. The molecular weight excluding hydrogens is 290 g/mol. The van der Waals surface area contributed by atoms with Crippen LogP contribution in [0.4, 0.5) is 0 Å². The molecule has 128 valence electrons. The van der Waals surface area contributed by atoms with Crippen LogP contribution in [0.1, 0.15) is 71.6 Å². The molecule has 0 spiro atoms. The van der Waals surface area contributed by atoms with Gasteiger partial charge in [-0.05, 0) is 23.5 Å². The van der Waals surface area contributed by atoms with Crippen LogP contribution in [0.15, 0.2) is 0 Å². The summed E-state index contributed by atoms with van der Waals surface area (Å²) < 4.78 is 33.0. The summed E-state index contributed by atoms with van der Waals surface area (Å²) in [6, 6.07) is 0. The molecular formula is C15H34NO4S+. The third-order valence-corrected chi connectivity index (χ3v) is 4.32. The van der Waals surface area contributed by atoms with Crippen LogP contribution in [-0.4, -0.2) is 40.3 Å². The molecule has 0 radical (unpaired) electrons. The first-order valence-corrected chi connectivity index (χ1v) is 9.60. The molecule has 0 aliphatic heterocycles. The van der Waals surface area contributed by atoms with Crippen LogP contribution in [-0.2, 0) is 18.9 Å². The van der Waals surface area contributed by atoms with E-state index in [1.54, 1.807) is 14.1 Å². The predicted octanol–water partition coefficient (Wildman–Crippen LogP) is 3.81. The highest BCUT2D eigenvalue weighted by molar-refractivity contribution is 7.81. The number of hydroxylamine groups is 3. The van der Waals surface area contributed by atoms with Crippen LogP contribution < -0.4 is 0 Å². The van der Waals surface area contributed by atoms with Crippen molar-refractivity contribution < 1.29 is 21.5 Å². The molecule has 0 N–H and O–H groups in total. The second-order valence-electron chi connectivity index (χ2n) is 6.08. The highest BCUT2D eigenvalue weighted by Gasteiger charge is 2.27. The zero-order chi connectivity index (χ0) is 16.2. The van der Waals surface area contributed by atoms with E-state index in [1.165, 1.54) is 38.5 Å². The zero-order valence-electron chi connectivity index (χ0n) is 14.3. The molecule has 0 atom stereocenters. The lowest BCUT2D eigenvalue weighted by molar-refractivity contribution is -1.05. The van der Waals surface area contributed by atoms with Crippen LogP contribution in [0, 0.1) is 0 Å². The normalized spacial score (nSPS) is 12.8. The van der Waals surface area contributed by atoms with Gasteiger partial charge in [0.1, 0.15) is 6.54 Å². The zero-order valence-corrected chi connectivity index (χ0v) is 15.1. The number of unbranched alkanes of at least 4 members (excludes halogenated alkanes) is 7. The quantitative estimate of drug-likeness (QED) is 0.277. The average molecular weight is 325 g/mol. The lowest BCUT2D eigenvalue weighted by atomic mass is 10.1. The minimum Gasteiger partial charge on any atom is -0.245 e. The van der Waals surface area contributed by atoms with E-state index in [1.807, 2.05) is 6.92 Å². The highest BCUT2D eigenvalue weighted by Crippen LogP contribution is 2.12. The Bertz CT molecular complexity index is 342. The molecule has 0 unspecified atom stereocenters. The molecule has 21 heavy (non-hydrogen) atoms. The van der Waals surface area contributed by atoms with Crippen LogP contribution in [0.25, 0.3) is 0 Å². The minimum absolute atomic E-state index is 0.0120. The van der Waals surface area contributed by atoms with Crippen molar-refractivity contribution in [1.82, 2.24) is 0 Å². The van der Waals surface area contributed by atoms with E-state index in [9.17, 15) is 8.42 Å². The maximum absolute atomic E-state index is 11.6. The summed E-state index contributed by atoms with van der Waals surface area (Å²) >= 11 is 0. The van der Waals surface area contributed by atoms with Gasteiger partial charge in [-0.25, -0.2) is 4.18 Å². The van der Waals surface area contributed by atoms with Crippen molar-refractivity contribution in [1.29, 1.82) is 0 Å². The summed E-state index contributed by atoms with van der Waals surface area (Å²) in [5.41, 5.74) is 0. The summed E-state index contributed by atoms with van der Waals surface area (Å²) in [4.78, 5) is 0. The topological polar surface area (TPSA) is 52.6 Å². The van der Waals surface area contributed by atoms with Gasteiger partial charge in [0.05, 0.1) is 20.7 Å². The third kappa shape index (κ3) is 13.2. The van der Waals surface area contributed by atoms with Gasteiger partial charge in [-0.3, -0.25) is 0 Å². The van der Waals surface area contributed by atoms with Crippen LogP contribution in [0.3, 0.4) is 0 Å². The van der Waals surface area contributed by atoms with E-state index in [0.717, 1.165) is 12.8 Å². The van der Waals surface area contributed by atoms with Gasteiger partial charge in [-0.2, -0.15) is 13.1 Å². The number of hydrogen-bond donors (Lipinski definition) is 0. The molecule has 0 saturated heterocycles. The van der Waals surface area contributed by atoms with Crippen molar-refractivity contribution in [2.45, 2.75) is 71.6 Å². The van der Waals surface area contributed by atoms with Gasteiger partial charge in [0, 0.05) is 0 Å². The Kier molecular flexibility index (Phi) is 11.3. The van der Waals surface area contributed by atoms with Crippen molar-refractivity contribution in [2.75, 3.05) is 27.2 Å². The number of rotatable bonds is 14. The fourth-order valence-electron chi connectivity index (χ4n) is 2.12. The van der Waals surface area contributed by atoms with Gasteiger partial charge in [0.2, 0.25) is 0 Å². The Hall–Kier alpha value is -0.170. The van der Waals surface area contributed by atoms with Crippen molar-refractivity contribution in [3.8, 4) is 0 Å². The fourth-order valence-corrected chi connectivity index (χ4v) is 3.10. The van der Waals surface area contributed by atoms with E-state index in [4.69, 9.17) is 8.47 Å².